The summed E-state index contributed by atoms with van der Waals surface area (Å²) >= 11 is 1.61. The van der Waals surface area contributed by atoms with Gasteiger partial charge in [0.25, 0.3) is 0 Å². The van der Waals surface area contributed by atoms with E-state index in [1.165, 1.54) is 17.0 Å². The van der Waals surface area contributed by atoms with Crippen LogP contribution < -0.4 is 5.73 Å². The van der Waals surface area contributed by atoms with Crippen LogP contribution in [0.15, 0.2) is 36.0 Å². The molecule has 1 unspecified atom stereocenters. The third-order valence-electron chi connectivity index (χ3n) is 3.42. The van der Waals surface area contributed by atoms with Crippen LogP contribution >= 0.6 is 11.3 Å². The van der Waals surface area contributed by atoms with Gasteiger partial charge in [0, 0.05) is 22.5 Å². The van der Waals surface area contributed by atoms with E-state index in [-0.39, 0.29) is 17.3 Å². The van der Waals surface area contributed by atoms with E-state index in [1.807, 2.05) is 23.8 Å². The molecule has 0 amide bonds. The first-order chi connectivity index (χ1) is 8.50. The molecule has 1 aromatic heterocycles. The van der Waals surface area contributed by atoms with Gasteiger partial charge in [-0.3, -0.25) is 4.98 Å². The second kappa shape index (κ2) is 5.16. The van der Waals surface area contributed by atoms with E-state index in [2.05, 4.69) is 18.8 Å². The van der Waals surface area contributed by atoms with Gasteiger partial charge in [-0.1, -0.05) is 26.0 Å². The Morgan fingerprint density at radius 1 is 1.33 bits per heavy atom. The van der Waals surface area contributed by atoms with Gasteiger partial charge in [-0.15, -0.1) is 11.3 Å². The Hall–Kier alpha value is -1.26. The number of halogens is 1. The highest BCUT2D eigenvalue weighted by Gasteiger charge is 2.28. The summed E-state index contributed by atoms with van der Waals surface area (Å²) in [6.07, 6.45) is 2.64. The lowest BCUT2D eigenvalue weighted by molar-refractivity contribution is 0.407. The van der Waals surface area contributed by atoms with E-state index < -0.39 is 0 Å². The van der Waals surface area contributed by atoms with Crippen LogP contribution in [0.2, 0.25) is 0 Å². The van der Waals surface area contributed by atoms with Crippen molar-refractivity contribution in [2.24, 2.45) is 5.73 Å². The zero-order valence-corrected chi connectivity index (χ0v) is 11.4. The van der Waals surface area contributed by atoms with Crippen LogP contribution in [0.25, 0.3) is 0 Å². The third-order valence-corrected chi connectivity index (χ3v) is 4.22. The topological polar surface area (TPSA) is 38.9 Å². The van der Waals surface area contributed by atoms with Crippen LogP contribution in [0.5, 0.6) is 0 Å². The molecular weight excluding hydrogens is 247 g/mol. The number of hydrogen-bond acceptors (Lipinski definition) is 3. The van der Waals surface area contributed by atoms with Crippen molar-refractivity contribution in [1.29, 1.82) is 0 Å². The Labute approximate surface area is 111 Å². The maximum absolute atomic E-state index is 12.9. The summed E-state index contributed by atoms with van der Waals surface area (Å²) in [6.45, 7) is 4.18. The van der Waals surface area contributed by atoms with Gasteiger partial charge in [0.05, 0.1) is 5.51 Å². The average Bonchev–Trinajstić information content (AvgIpc) is 2.82. The molecule has 0 saturated heterocycles. The zero-order chi connectivity index (χ0) is 13.2. The molecule has 0 aliphatic heterocycles. The quantitative estimate of drug-likeness (QED) is 0.921. The molecule has 0 spiro atoms. The molecule has 1 atom stereocenters. The molecule has 0 saturated carbocycles. The Bertz CT molecular complexity index is 491. The molecule has 4 heteroatoms. The van der Waals surface area contributed by atoms with E-state index in [4.69, 9.17) is 5.73 Å². The molecule has 2 nitrogen and oxygen atoms in total. The molecule has 1 heterocycles. The highest BCUT2D eigenvalue weighted by molar-refractivity contribution is 7.09. The predicted molar refractivity (Wildman–Crippen MR) is 73.2 cm³/mol. The molecule has 1 aromatic carbocycles. The maximum Gasteiger partial charge on any atom is 0.123 e. The van der Waals surface area contributed by atoms with Crippen molar-refractivity contribution < 1.29 is 4.39 Å². The smallest absolute Gasteiger partial charge is 0.123 e. The van der Waals surface area contributed by atoms with Gasteiger partial charge >= 0.3 is 0 Å². The number of benzene rings is 1. The number of thiazole rings is 1. The fourth-order valence-electron chi connectivity index (χ4n) is 1.91. The van der Waals surface area contributed by atoms with Gasteiger partial charge < -0.3 is 5.73 Å². The molecule has 2 N–H and O–H groups in total. The molecule has 0 bridgehead atoms. The SMILES string of the molecule is CC(C)(c1ccc(F)cc1)C(N)Cc1cncs1. The summed E-state index contributed by atoms with van der Waals surface area (Å²) in [5.41, 5.74) is 8.97. The Morgan fingerprint density at radius 2 is 2.00 bits per heavy atom. The second-order valence-electron chi connectivity index (χ2n) is 5.01. The molecular formula is C14H17FN2S. The van der Waals surface area contributed by atoms with Gasteiger partial charge in [-0.05, 0) is 24.1 Å². The van der Waals surface area contributed by atoms with Crippen molar-refractivity contribution in [3.8, 4) is 0 Å². The van der Waals surface area contributed by atoms with Gasteiger partial charge in [-0.25, -0.2) is 4.39 Å². The normalized spacial score (nSPS) is 13.6. The lowest BCUT2D eigenvalue weighted by Crippen LogP contribution is -2.42. The Kier molecular flexibility index (Phi) is 3.78. The monoisotopic (exact) mass is 264 g/mol. The minimum absolute atomic E-state index is 0.0246. The molecule has 0 aliphatic carbocycles. The minimum atomic E-state index is -0.217. The molecule has 18 heavy (non-hydrogen) atoms. The van der Waals surface area contributed by atoms with Crippen LogP contribution in [0, 0.1) is 5.82 Å². The van der Waals surface area contributed by atoms with Gasteiger partial charge in [-0.2, -0.15) is 0 Å². The molecule has 0 fully saturated rings. The summed E-state index contributed by atoms with van der Waals surface area (Å²) in [6, 6.07) is 6.56. The first kappa shape index (κ1) is 13.2. The van der Waals surface area contributed by atoms with Crippen molar-refractivity contribution in [1.82, 2.24) is 4.98 Å². The predicted octanol–water partition coefficient (Wildman–Crippen LogP) is 3.13. The van der Waals surface area contributed by atoms with Crippen LogP contribution in [-0.2, 0) is 11.8 Å². The van der Waals surface area contributed by atoms with Gasteiger partial charge in [0.2, 0.25) is 0 Å². The minimum Gasteiger partial charge on any atom is -0.327 e. The number of nitrogens with zero attached hydrogens (tertiary/aromatic N) is 1. The summed E-state index contributed by atoms with van der Waals surface area (Å²) in [4.78, 5) is 5.23. The molecule has 2 rings (SSSR count). The Balaban J connectivity index is 2.16. The van der Waals surface area contributed by atoms with Crippen molar-refractivity contribution in [3.63, 3.8) is 0 Å². The fraction of sp³-hybridized carbons (Fsp3) is 0.357. The van der Waals surface area contributed by atoms with Crippen molar-refractivity contribution in [3.05, 3.63) is 52.2 Å². The van der Waals surface area contributed by atoms with Crippen LogP contribution in [0.3, 0.4) is 0 Å². The molecule has 2 aromatic rings. The van der Waals surface area contributed by atoms with E-state index >= 15 is 0 Å². The number of nitrogens with two attached hydrogens (primary N) is 1. The summed E-state index contributed by atoms with van der Waals surface area (Å²) < 4.78 is 12.9. The molecule has 0 aliphatic rings. The van der Waals surface area contributed by atoms with Crippen LogP contribution in [0.1, 0.15) is 24.3 Å². The highest BCUT2D eigenvalue weighted by Crippen LogP contribution is 2.28. The standard InChI is InChI=1S/C14H17FN2S/c1-14(2,10-3-5-11(15)6-4-10)13(16)7-12-8-17-9-18-12/h3-6,8-9,13H,7,16H2,1-2H3. The van der Waals surface area contributed by atoms with E-state index in [0.29, 0.717) is 0 Å². The largest absolute Gasteiger partial charge is 0.327 e. The summed E-state index contributed by atoms with van der Waals surface area (Å²) in [7, 11) is 0. The highest BCUT2D eigenvalue weighted by atomic mass is 32.1. The van der Waals surface area contributed by atoms with E-state index in [1.54, 1.807) is 11.3 Å². The fourth-order valence-corrected chi connectivity index (χ4v) is 2.56. The first-order valence-electron chi connectivity index (χ1n) is 5.89. The van der Waals surface area contributed by atoms with Crippen molar-refractivity contribution in [2.75, 3.05) is 0 Å². The van der Waals surface area contributed by atoms with Crippen molar-refractivity contribution >= 4 is 11.3 Å². The average molecular weight is 264 g/mol. The van der Waals surface area contributed by atoms with Gasteiger partial charge in [0.1, 0.15) is 5.82 Å². The lowest BCUT2D eigenvalue weighted by atomic mass is 9.77. The Morgan fingerprint density at radius 3 is 2.56 bits per heavy atom. The van der Waals surface area contributed by atoms with Gasteiger partial charge in [0.15, 0.2) is 0 Å². The summed E-state index contributed by atoms with van der Waals surface area (Å²) in [5, 5.41) is 0. The molecule has 96 valence electrons. The number of hydrogen-bond donors (Lipinski definition) is 1. The second-order valence-corrected chi connectivity index (χ2v) is 5.98. The molecule has 0 radical (unpaired) electrons. The third kappa shape index (κ3) is 2.76. The van der Waals surface area contributed by atoms with Crippen LogP contribution in [-0.4, -0.2) is 11.0 Å². The zero-order valence-electron chi connectivity index (χ0n) is 10.6. The number of aromatic nitrogens is 1. The number of rotatable bonds is 4. The first-order valence-corrected chi connectivity index (χ1v) is 6.77. The lowest BCUT2D eigenvalue weighted by Gasteiger charge is -2.32. The van der Waals surface area contributed by atoms with E-state index in [0.717, 1.165) is 12.0 Å². The van der Waals surface area contributed by atoms with Crippen molar-refractivity contribution in [2.45, 2.75) is 31.7 Å². The maximum atomic E-state index is 12.9. The summed E-state index contributed by atoms with van der Waals surface area (Å²) in [5.74, 6) is -0.217. The van der Waals surface area contributed by atoms with E-state index in [9.17, 15) is 4.39 Å². The van der Waals surface area contributed by atoms with Crippen LogP contribution in [0.4, 0.5) is 4.39 Å².